The van der Waals surface area contributed by atoms with Gasteiger partial charge in [0.1, 0.15) is 12.4 Å². The summed E-state index contributed by atoms with van der Waals surface area (Å²) < 4.78 is 0. The van der Waals surface area contributed by atoms with Crippen molar-refractivity contribution in [2.45, 2.75) is 82.8 Å². The number of rotatable bonds is 5. The summed E-state index contributed by atoms with van der Waals surface area (Å²) in [5.41, 5.74) is 1.50. The van der Waals surface area contributed by atoms with Gasteiger partial charge in [-0.2, -0.15) is 0 Å². The number of aliphatic hydroxyl groups is 2. The summed E-state index contributed by atoms with van der Waals surface area (Å²) in [5.74, 6) is 7.73. The molecule has 3 nitrogen and oxygen atoms in total. The highest BCUT2D eigenvalue weighted by Gasteiger charge is 2.46. The van der Waals surface area contributed by atoms with E-state index in [0.29, 0.717) is 24.2 Å². The summed E-state index contributed by atoms with van der Waals surface area (Å²) in [6.45, 7) is 0. The fraction of sp³-hybridized carbons (Fsp3) is 0.773. The molecule has 3 fully saturated rings. The van der Waals surface area contributed by atoms with Crippen molar-refractivity contribution in [2.75, 3.05) is 0 Å². The van der Waals surface area contributed by atoms with Crippen LogP contribution in [0.15, 0.2) is 11.6 Å². The molecule has 3 rings (SSSR count). The van der Waals surface area contributed by atoms with Gasteiger partial charge < -0.3 is 15.0 Å². The molecular weight excluding hydrogens is 312 g/mol. The molecule has 0 aromatic rings. The molecule has 0 aromatic heterocycles. The van der Waals surface area contributed by atoms with Gasteiger partial charge in [0, 0.05) is 6.42 Å². The van der Waals surface area contributed by atoms with Gasteiger partial charge in [0.05, 0.1) is 12.0 Å². The molecule has 0 aromatic carbocycles. The number of hydrogen-bond acceptors (Lipinski definition) is 3. The van der Waals surface area contributed by atoms with E-state index in [2.05, 4.69) is 17.9 Å². The summed E-state index contributed by atoms with van der Waals surface area (Å²) in [5, 5.41) is 20.8. The SMILES string of the molecule is O=CCCC/C=C1/C[C@@H]2[C@@H](C#CC(O)C3CCCCC3)[C@H](O)CC[C@H]12. The highest BCUT2D eigenvalue weighted by Crippen LogP contribution is 2.51. The van der Waals surface area contributed by atoms with Gasteiger partial charge in [0.2, 0.25) is 0 Å². The molecule has 0 saturated heterocycles. The third kappa shape index (κ3) is 4.54. The summed E-state index contributed by atoms with van der Waals surface area (Å²) in [6, 6.07) is 0. The second-order valence-electron chi connectivity index (χ2n) is 8.15. The van der Waals surface area contributed by atoms with Gasteiger partial charge >= 0.3 is 0 Å². The Kier molecular flexibility index (Phi) is 6.73. The summed E-state index contributed by atoms with van der Waals surface area (Å²) >= 11 is 0. The lowest BCUT2D eigenvalue weighted by Gasteiger charge is -2.48. The molecule has 0 aliphatic heterocycles. The van der Waals surface area contributed by atoms with Gasteiger partial charge in [-0.1, -0.05) is 42.8 Å². The molecule has 3 heteroatoms. The summed E-state index contributed by atoms with van der Waals surface area (Å²) in [6.07, 6.45) is 13.7. The number of fused-ring (bicyclic) bond motifs is 1. The monoisotopic (exact) mass is 344 g/mol. The zero-order valence-corrected chi connectivity index (χ0v) is 15.2. The van der Waals surface area contributed by atoms with Crippen LogP contribution in [-0.4, -0.2) is 28.7 Å². The van der Waals surface area contributed by atoms with E-state index in [1.165, 1.54) is 24.8 Å². The lowest BCUT2D eigenvalue weighted by Crippen LogP contribution is -2.44. The minimum Gasteiger partial charge on any atom is -0.392 e. The standard InChI is InChI=1S/C22H32O3/c23-14-6-2-5-9-17-15-20-18(17)10-13-22(25)19(20)11-12-21(24)16-7-3-1-4-8-16/h9,14,16,18-22,24-25H,1-8,10,13,15H2/b17-9-/t18-,19-,20+,21?,22-/m1/s1. The van der Waals surface area contributed by atoms with Crippen molar-refractivity contribution in [2.24, 2.45) is 23.7 Å². The highest BCUT2D eigenvalue weighted by molar-refractivity contribution is 5.49. The fourth-order valence-electron chi connectivity index (χ4n) is 4.95. The van der Waals surface area contributed by atoms with Crippen molar-refractivity contribution < 1.29 is 15.0 Å². The Morgan fingerprint density at radius 1 is 1.12 bits per heavy atom. The van der Waals surface area contributed by atoms with Gasteiger partial charge in [-0.05, 0) is 62.7 Å². The molecule has 0 radical (unpaired) electrons. The molecule has 138 valence electrons. The molecule has 0 bridgehead atoms. The third-order valence-corrected chi connectivity index (χ3v) is 6.54. The molecule has 3 saturated carbocycles. The van der Waals surface area contributed by atoms with Crippen LogP contribution < -0.4 is 0 Å². The molecule has 0 spiro atoms. The third-order valence-electron chi connectivity index (χ3n) is 6.54. The molecular formula is C22H32O3. The summed E-state index contributed by atoms with van der Waals surface area (Å²) in [7, 11) is 0. The van der Waals surface area contributed by atoms with E-state index in [4.69, 9.17) is 0 Å². The minimum absolute atomic E-state index is 0.0177. The zero-order valence-electron chi connectivity index (χ0n) is 15.2. The zero-order chi connectivity index (χ0) is 17.6. The number of unbranched alkanes of at least 4 members (excludes halogenated alkanes) is 2. The maximum Gasteiger partial charge on any atom is 0.120 e. The van der Waals surface area contributed by atoms with Crippen molar-refractivity contribution in [3.05, 3.63) is 11.6 Å². The van der Waals surface area contributed by atoms with E-state index < -0.39 is 6.10 Å². The first-order chi connectivity index (χ1) is 12.2. The van der Waals surface area contributed by atoms with E-state index in [1.807, 2.05) is 0 Å². The predicted molar refractivity (Wildman–Crippen MR) is 98.7 cm³/mol. The van der Waals surface area contributed by atoms with Crippen LogP contribution in [0.3, 0.4) is 0 Å². The summed E-state index contributed by atoms with van der Waals surface area (Å²) in [4.78, 5) is 10.4. The Labute approximate surface area is 151 Å². The quantitative estimate of drug-likeness (QED) is 0.346. The molecule has 3 aliphatic rings. The van der Waals surface area contributed by atoms with Crippen LogP contribution >= 0.6 is 0 Å². The first kappa shape index (κ1) is 18.7. The molecule has 5 atom stereocenters. The minimum atomic E-state index is -0.522. The molecule has 0 heterocycles. The largest absolute Gasteiger partial charge is 0.392 e. The number of hydrogen-bond donors (Lipinski definition) is 2. The molecule has 0 amide bonds. The van der Waals surface area contributed by atoms with Crippen LogP contribution in [0.4, 0.5) is 0 Å². The Hall–Kier alpha value is -1.11. The van der Waals surface area contributed by atoms with Gasteiger partial charge in [0.25, 0.3) is 0 Å². The Balaban J connectivity index is 1.56. The first-order valence-electron chi connectivity index (χ1n) is 10.2. The molecule has 2 N–H and O–H groups in total. The van der Waals surface area contributed by atoms with Gasteiger partial charge in [-0.3, -0.25) is 0 Å². The van der Waals surface area contributed by atoms with Gasteiger partial charge in [-0.15, -0.1) is 0 Å². The maximum absolute atomic E-state index is 10.4. The number of carbonyl (C=O) groups is 1. The van der Waals surface area contributed by atoms with E-state index in [-0.39, 0.29) is 12.0 Å². The van der Waals surface area contributed by atoms with Crippen molar-refractivity contribution in [1.82, 2.24) is 0 Å². The van der Waals surface area contributed by atoms with Gasteiger partial charge in [-0.25, -0.2) is 0 Å². The molecule has 1 unspecified atom stereocenters. The van der Waals surface area contributed by atoms with E-state index in [0.717, 1.165) is 51.2 Å². The van der Waals surface area contributed by atoms with Crippen molar-refractivity contribution in [3.8, 4) is 11.8 Å². The molecule has 3 aliphatic carbocycles. The predicted octanol–water partition coefficient (Wildman–Crippen LogP) is 3.63. The number of allylic oxidation sites excluding steroid dienone is 2. The van der Waals surface area contributed by atoms with Crippen LogP contribution in [0.5, 0.6) is 0 Å². The lowest BCUT2D eigenvalue weighted by atomic mass is 9.57. The number of carbonyl (C=O) groups excluding carboxylic acids is 1. The Morgan fingerprint density at radius 2 is 1.92 bits per heavy atom. The van der Waals surface area contributed by atoms with Crippen LogP contribution in [0.25, 0.3) is 0 Å². The average molecular weight is 344 g/mol. The maximum atomic E-state index is 10.4. The van der Waals surface area contributed by atoms with Crippen molar-refractivity contribution in [3.63, 3.8) is 0 Å². The molecule has 25 heavy (non-hydrogen) atoms. The van der Waals surface area contributed by atoms with Crippen LogP contribution in [0.1, 0.15) is 70.6 Å². The van der Waals surface area contributed by atoms with Crippen LogP contribution in [0.2, 0.25) is 0 Å². The lowest BCUT2D eigenvalue weighted by molar-refractivity contribution is -0.107. The smallest absolute Gasteiger partial charge is 0.120 e. The fourth-order valence-corrected chi connectivity index (χ4v) is 4.95. The average Bonchev–Trinajstić information content (AvgIpc) is 2.62. The van der Waals surface area contributed by atoms with Crippen molar-refractivity contribution in [1.29, 1.82) is 0 Å². The normalized spacial score (nSPS) is 35.2. The highest BCUT2D eigenvalue weighted by atomic mass is 16.3. The second-order valence-corrected chi connectivity index (χ2v) is 8.15. The second kappa shape index (κ2) is 9.01. The van der Waals surface area contributed by atoms with Crippen molar-refractivity contribution >= 4 is 6.29 Å². The number of aliphatic hydroxyl groups excluding tert-OH is 2. The van der Waals surface area contributed by atoms with E-state index in [1.54, 1.807) is 0 Å². The van der Waals surface area contributed by atoms with Crippen LogP contribution in [0, 0.1) is 35.5 Å². The topological polar surface area (TPSA) is 57.5 Å². The van der Waals surface area contributed by atoms with Gasteiger partial charge in [0.15, 0.2) is 0 Å². The number of aldehydes is 1. The Morgan fingerprint density at radius 3 is 2.68 bits per heavy atom. The Bertz CT molecular complexity index is 535. The van der Waals surface area contributed by atoms with E-state index in [9.17, 15) is 15.0 Å². The van der Waals surface area contributed by atoms with Crippen LogP contribution in [-0.2, 0) is 4.79 Å². The first-order valence-corrected chi connectivity index (χ1v) is 10.2. The van der Waals surface area contributed by atoms with E-state index >= 15 is 0 Å².